The SMILES string of the molecule is CC1CCCC(CN)(Nc2ccccc2S(N)(=O)=O)C1. The minimum absolute atomic E-state index is 0.131. The zero-order valence-electron chi connectivity index (χ0n) is 11.8. The van der Waals surface area contributed by atoms with Gasteiger partial charge in [-0.3, -0.25) is 0 Å². The number of benzene rings is 1. The van der Waals surface area contributed by atoms with Gasteiger partial charge >= 0.3 is 0 Å². The number of nitrogens with two attached hydrogens (primary N) is 2. The van der Waals surface area contributed by atoms with Crippen molar-refractivity contribution in [3.63, 3.8) is 0 Å². The van der Waals surface area contributed by atoms with Crippen LogP contribution >= 0.6 is 0 Å². The summed E-state index contributed by atoms with van der Waals surface area (Å²) in [6.07, 6.45) is 4.19. The van der Waals surface area contributed by atoms with Crippen molar-refractivity contribution in [3.8, 4) is 0 Å². The minimum Gasteiger partial charge on any atom is -0.377 e. The highest BCUT2D eigenvalue weighted by Crippen LogP contribution is 2.35. The molecule has 1 aliphatic rings. The first-order valence-electron chi connectivity index (χ1n) is 6.96. The summed E-state index contributed by atoms with van der Waals surface area (Å²) >= 11 is 0. The molecule has 2 atom stereocenters. The van der Waals surface area contributed by atoms with Crippen LogP contribution in [0.15, 0.2) is 29.2 Å². The van der Waals surface area contributed by atoms with E-state index in [0.717, 1.165) is 19.3 Å². The van der Waals surface area contributed by atoms with Gasteiger partial charge in [0.15, 0.2) is 0 Å². The summed E-state index contributed by atoms with van der Waals surface area (Å²) in [6, 6.07) is 6.74. The fraction of sp³-hybridized carbons (Fsp3) is 0.571. The van der Waals surface area contributed by atoms with Crippen LogP contribution in [0.4, 0.5) is 5.69 Å². The Labute approximate surface area is 120 Å². The predicted molar refractivity (Wildman–Crippen MR) is 80.9 cm³/mol. The second-order valence-electron chi connectivity index (χ2n) is 5.85. The topological polar surface area (TPSA) is 98.2 Å². The number of primary sulfonamides is 1. The molecule has 0 aromatic heterocycles. The van der Waals surface area contributed by atoms with E-state index in [1.165, 1.54) is 12.5 Å². The van der Waals surface area contributed by atoms with Gasteiger partial charge in [0.25, 0.3) is 0 Å². The summed E-state index contributed by atoms with van der Waals surface area (Å²) in [6.45, 7) is 2.69. The molecule has 0 aliphatic heterocycles. The molecule has 0 radical (unpaired) electrons. The molecule has 0 bridgehead atoms. The average Bonchev–Trinajstić information content (AvgIpc) is 2.38. The van der Waals surface area contributed by atoms with Crippen molar-refractivity contribution in [2.45, 2.75) is 43.0 Å². The normalized spacial score (nSPS) is 27.2. The molecular weight excluding hydrogens is 274 g/mol. The van der Waals surface area contributed by atoms with Crippen molar-refractivity contribution >= 4 is 15.7 Å². The molecule has 20 heavy (non-hydrogen) atoms. The van der Waals surface area contributed by atoms with E-state index in [0.29, 0.717) is 18.2 Å². The molecule has 2 rings (SSSR count). The second kappa shape index (κ2) is 5.71. The van der Waals surface area contributed by atoms with Crippen LogP contribution in [0, 0.1) is 5.92 Å². The van der Waals surface area contributed by atoms with Gasteiger partial charge in [-0.05, 0) is 30.9 Å². The molecule has 0 heterocycles. The molecule has 1 aromatic carbocycles. The van der Waals surface area contributed by atoms with Gasteiger partial charge < -0.3 is 11.1 Å². The molecule has 1 aliphatic carbocycles. The molecular formula is C14H23N3O2S. The molecule has 1 fully saturated rings. The smallest absolute Gasteiger partial charge is 0.240 e. The molecule has 0 spiro atoms. The van der Waals surface area contributed by atoms with Gasteiger partial charge in [0.1, 0.15) is 4.90 Å². The highest BCUT2D eigenvalue weighted by Gasteiger charge is 2.34. The van der Waals surface area contributed by atoms with E-state index in [1.54, 1.807) is 18.2 Å². The Hall–Kier alpha value is -1.11. The van der Waals surface area contributed by atoms with Crippen molar-refractivity contribution in [1.82, 2.24) is 0 Å². The Kier molecular flexibility index (Phi) is 4.36. The maximum atomic E-state index is 11.7. The van der Waals surface area contributed by atoms with Gasteiger partial charge in [-0.15, -0.1) is 0 Å². The zero-order chi connectivity index (χ0) is 14.8. The lowest BCUT2D eigenvalue weighted by Gasteiger charge is -2.41. The van der Waals surface area contributed by atoms with E-state index >= 15 is 0 Å². The standard InChI is InChI=1S/C14H23N3O2S/c1-11-5-4-8-14(9-11,10-15)17-12-6-2-3-7-13(12)20(16,18)19/h2-3,6-7,11,17H,4-5,8-10,15H2,1H3,(H2,16,18,19). The quantitative estimate of drug-likeness (QED) is 0.787. The molecule has 2 unspecified atom stereocenters. The number of hydrogen-bond acceptors (Lipinski definition) is 4. The molecule has 1 aromatic rings. The van der Waals surface area contributed by atoms with E-state index in [4.69, 9.17) is 10.9 Å². The lowest BCUT2D eigenvalue weighted by atomic mass is 9.76. The van der Waals surface area contributed by atoms with Crippen molar-refractivity contribution < 1.29 is 8.42 Å². The first kappa shape index (κ1) is 15.3. The van der Waals surface area contributed by atoms with Crippen molar-refractivity contribution in [1.29, 1.82) is 0 Å². The number of rotatable bonds is 4. The fourth-order valence-corrected chi connectivity index (χ4v) is 3.81. The zero-order valence-corrected chi connectivity index (χ0v) is 12.6. The van der Waals surface area contributed by atoms with Gasteiger partial charge in [0.2, 0.25) is 10.0 Å². The van der Waals surface area contributed by atoms with Gasteiger partial charge in [-0.25, -0.2) is 13.6 Å². The van der Waals surface area contributed by atoms with Gasteiger partial charge in [0, 0.05) is 12.1 Å². The third-order valence-corrected chi connectivity index (χ3v) is 5.04. The maximum Gasteiger partial charge on any atom is 0.240 e. The van der Waals surface area contributed by atoms with Gasteiger partial charge in [0.05, 0.1) is 5.69 Å². The van der Waals surface area contributed by atoms with E-state index in [2.05, 4.69) is 12.2 Å². The largest absolute Gasteiger partial charge is 0.377 e. The lowest BCUT2D eigenvalue weighted by molar-refractivity contribution is 0.263. The Morgan fingerprint density at radius 1 is 1.40 bits per heavy atom. The van der Waals surface area contributed by atoms with Gasteiger partial charge in [-0.1, -0.05) is 31.9 Å². The van der Waals surface area contributed by atoms with Crippen LogP contribution < -0.4 is 16.2 Å². The average molecular weight is 297 g/mol. The maximum absolute atomic E-state index is 11.7. The summed E-state index contributed by atoms with van der Waals surface area (Å²) in [5, 5.41) is 8.64. The Bertz CT molecular complexity index is 574. The summed E-state index contributed by atoms with van der Waals surface area (Å²) in [4.78, 5) is 0.131. The second-order valence-corrected chi connectivity index (χ2v) is 7.38. The third-order valence-electron chi connectivity index (χ3n) is 4.08. The first-order valence-corrected chi connectivity index (χ1v) is 8.51. The summed E-state index contributed by atoms with van der Waals surface area (Å²) in [7, 11) is -3.74. The number of para-hydroxylation sites is 1. The van der Waals surface area contributed by atoms with Crippen LogP contribution in [0.25, 0.3) is 0 Å². The molecule has 5 nitrogen and oxygen atoms in total. The number of nitrogens with one attached hydrogen (secondary N) is 1. The minimum atomic E-state index is -3.74. The van der Waals surface area contributed by atoms with E-state index < -0.39 is 10.0 Å². The van der Waals surface area contributed by atoms with Crippen LogP contribution in [-0.4, -0.2) is 20.5 Å². The van der Waals surface area contributed by atoms with E-state index in [1.807, 2.05) is 0 Å². The fourth-order valence-electron chi connectivity index (χ4n) is 3.11. The molecule has 112 valence electrons. The number of anilines is 1. The van der Waals surface area contributed by atoms with Crippen LogP contribution in [-0.2, 0) is 10.0 Å². The highest BCUT2D eigenvalue weighted by atomic mass is 32.2. The predicted octanol–water partition coefficient (Wildman–Crippen LogP) is 1.65. The summed E-state index contributed by atoms with van der Waals surface area (Å²) < 4.78 is 23.3. The number of hydrogen-bond donors (Lipinski definition) is 3. The van der Waals surface area contributed by atoms with Crippen molar-refractivity contribution in [3.05, 3.63) is 24.3 Å². The monoisotopic (exact) mass is 297 g/mol. The third kappa shape index (κ3) is 3.31. The van der Waals surface area contributed by atoms with Crippen molar-refractivity contribution in [2.75, 3.05) is 11.9 Å². The van der Waals surface area contributed by atoms with E-state index in [9.17, 15) is 8.42 Å². The first-order chi connectivity index (χ1) is 9.36. The number of sulfonamides is 1. The lowest BCUT2D eigenvalue weighted by Crippen LogP contribution is -2.49. The van der Waals surface area contributed by atoms with Crippen molar-refractivity contribution in [2.24, 2.45) is 16.8 Å². The van der Waals surface area contributed by atoms with E-state index in [-0.39, 0.29) is 10.4 Å². The van der Waals surface area contributed by atoms with Crippen LogP contribution in [0.2, 0.25) is 0 Å². The molecule has 6 heteroatoms. The highest BCUT2D eigenvalue weighted by molar-refractivity contribution is 7.89. The van der Waals surface area contributed by atoms with Gasteiger partial charge in [-0.2, -0.15) is 0 Å². The van der Waals surface area contributed by atoms with Crippen LogP contribution in [0.1, 0.15) is 32.6 Å². The molecule has 0 amide bonds. The van der Waals surface area contributed by atoms with Crippen LogP contribution in [0.5, 0.6) is 0 Å². The Balaban J connectivity index is 2.33. The molecule has 1 saturated carbocycles. The summed E-state index contributed by atoms with van der Waals surface area (Å²) in [5.74, 6) is 0.585. The summed E-state index contributed by atoms with van der Waals surface area (Å²) in [5.41, 5.74) is 6.28. The Morgan fingerprint density at radius 2 is 2.10 bits per heavy atom. The van der Waals surface area contributed by atoms with Crippen LogP contribution in [0.3, 0.4) is 0 Å². The molecule has 5 N–H and O–H groups in total. The molecule has 0 saturated heterocycles. The Morgan fingerprint density at radius 3 is 2.70 bits per heavy atom.